The molecule has 0 fully saturated rings. The molecule has 0 saturated carbocycles. The van der Waals surface area contributed by atoms with Crippen molar-refractivity contribution in [2.24, 2.45) is 0 Å². The molecule has 0 aliphatic heterocycles. The van der Waals surface area contributed by atoms with Crippen LogP contribution < -0.4 is 0 Å². The van der Waals surface area contributed by atoms with E-state index in [9.17, 15) is 0 Å². The van der Waals surface area contributed by atoms with Gasteiger partial charge < -0.3 is 9.40 Å². The molecule has 2 heteroatoms. The van der Waals surface area contributed by atoms with Gasteiger partial charge in [-0.05, 0) is 35.9 Å². The van der Waals surface area contributed by atoms with Crippen LogP contribution in [0.4, 0.5) is 0 Å². The third-order valence-corrected chi connectivity index (χ3v) is 1.61. The first-order valence-electron chi connectivity index (χ1n) is 3.79. The smallest absolute Gasteiger partial charge is 0.126 e. The van der Waals surface area contributed by atoms with Gasteiger partial charge in [-0.3, -0.25) is 0 Å². The van der Waals surface area contributed by atoms with Crippen molar-refractivity contribution >= 4 is 12.2 Å². The van der Waals surface area contributed by atoms with Crippen molar-refractivity contribution in [2.45, 2.75) is 0 Å². The molecule has 0 bridgehead atoms. The zero-order valence-electron chi connectivity index (χ0n) is 6.53. The summed E-state index contributed by atoms with van der Waals surface area (Å²) in [5, 5.41) is 0. The van der Waals surface area contributed by atoms with E-state index in [0.29, 0.717) is 0 Å². The third-order valence-electron chi connectivity index (χ3n) is 1.61. The fourth-order valence-corrected chi connectivity index (χ4v) is 1.00. The molecule has 2 heterocycles. The van der Waals surface area contributed by atoms with Crippen LogP contribution in [-0.4, -0.2) is 4.98 Å². The summed E-state index contributed by atoms with van der Waals surface area (Å²) >= 11 is 0. The van der Waals surface area contributed by atoms with E-state index in [1.54, 1.807) is 6.26 Å². The lowest BCUT2D eigenvalue weighted by molar-refractivity contribution is 0.557. The summed E-state index contributed by atoms with van der Waals surface area (Å²) in [6.45, 7) is 0. The highest BCUT2D eigenvalue weighted by atomic mass is 16.3. The Morgan fingerprint density at radius 1 is 1.25 bits per heavy atom. The summed E-state index contributed by atoms with van der Waals surface area (Å²) in [6, 6.07) is 5.79. The molecule has 0 unspecified atom stereocenters. The van der Waals surface area contributed by atoms with E-state index in [0.717, 1.165) is 11.3 Å². The molecule has 0 radical (unpaired) electrons. The van der Waals surface area contributed by atoms with Crippen LogP contribution in [0.1, 0.15) is 11.3 Å². The second kappa shape index (κ2) is 3.13. The minimum Gasteiger partial charge on any atom is -0.465 e. The van der Waals surface area contributed by atoms with Gasteiger partial charge in [-0.2, -0.15) is 0 Å². The lowest BCUT2D eigenvalue weighted by atomic mass is 10.3. The average molecular weight is 159 g/mol. The largest absolute Gasteiger partial charge is 0.465 e. The predicted octanol–water partition coefficient (Wildman–Crippen LogP) is 2.78. The van der Waals surface area contributed by atoms with E-state index in [2.05, 4.69) is 4.98 Å². The molecule has 0 spiro atoms. The molecule has 2 aromatic rings. The highest BCUT2D eigenvalue weighted by Gasteiger charge is 1.87. The highest BCUT2D eigenvalue weighted by Crippen LogP contribution is 2.07. The predicted molar refractivity (Wildman–Crippen MR) is 48.4 cm³/mol. The maximum atomic E-state index is 5.13. The fraction of sp³-hybridized carbons (Fsp3) is 0. The normalized spacial score (nSPS) is 11.0. The first-order chi connectivity index (χ1) is 5.95. The van der Waals surface area contributed by atoms with Crippen LogP contribution in [0.25, 0.3) is 12.2 Å². The summed E-state index contributed by atoms with van der Waals surface area (Å²) in [7, 11) is 0. The molecule has 2 nitrogen and oxygen atoms in total. The monoisotopic (exact) mass is 159 g/mol. The SMILES string of the molecule is C(=Cc1ccco1)c1cc[nH]c1. The first kappa shape index (κ1) is 6.98. The van der Waals surface area contributed by atoms with Crippen LogP contribution in [0.5, 0.6) is 0 Å². The Balaban J connectivity index is 2.14. The van der Waals surface area contributed by atoms with E-state index in [4.69, 9.17) is 4.42 Å². The Morgan fingerprint density at radius 3 is 2.92 bits per heavy atom. The molecule has 12 heavy (non-hydrogen) atoms. The molecule has 2 rings (SSSR count). The Kier molecular flexibility index (Phi) is 1.82. The van der Waals surface area contributed by atoms with Crippen molar-refractivity contribution in [2.75, 3.05) is 0 Å². The zero-order chi connectivity index (χ0) is 8.23. The topological polar surface area (TPSA) is 28.9 Å². The van der Waals surface area contributed by atoms with Crippen molar-refractivity contribution in [1.29, 1.82) is 0 Å². The summed E-state index contributed by atoms with van der Waals surface area (Å²) in [5.74, 6) is 0.871. The minimum absolute atomic E-state index is 0.871. The van der Waals surface area contributed by atoms with Crippen molar-refractivity contribution < 1.29 is 4.42 Å². The van der Waals surface area contributed by atoms with Crippen molar-refractivity contribution in [3.05, 3.63) is 48.2 Å². The van der Waals surface area contributed by atoms with Gasteiger partial charge in [-0.1, -0.05) is 0 Å². The molecule has 0 aromatic carbocycles. The van der Waals surface area contributed by atoms with Crippen LogP contribution in [0, 0.1) is 0 Å². The van der Waals surface area contributed by atoms with E-state index in [-0.39, 0.29) is 0 Å². The van der Waals surface area contributed by atoms with E-state index in [1.807, 2.05) is 42.7 Å². The van der Waals surface area contributed by atoms with Crippen molar-refractivity contribution in [3.63, 3.8) is 0 Å². The van der Waals surface area contributed by atoms with E-state index in [1.165, 1.54) is 0 Å². The molecular formula is C10H9NO. The van der Waals surface area contributed by atoms with Crippen LogP contribution >= 0.6 is 0 Å². The molecule has 1 N–H and O–H groups in total. The maximum Gasteiger partial charge on any atom is 0.126 e. The number of hydrogen-bond acceptors (Lipinski definition) is 1. The van der Waals surface area contributed by atoms with Crippen LogP contribution in [0.3, 0.4) is 0 Å². The second-order valence-electron chi connectivity index (χ2n) is 2.49. The number of aromatic nitrogens is 1. The van der Waals surface area contributed by atoms with Crippen LogP contribution in [0.15, 0.2) is 41.3 Å². The molecule has 2 aromatic heterocycles. The van der Waals surface area contributed by atoms with Gasteiger partial charge in [0.2, 0.25) is 0 Å². The van der Waals surface area contributed by atoms with Gasteiger partial charge in [0.1, 0.15) is 5.76 Å². The Bertz CT molecular complexity index is 307. The fourth-order valence-electron chi connectivity index (χ4n) is 1.00. The van der Waals surface area contributed by atoms with Crippen molar-refractivity contribution in [3.8, 4) is 0 Å². The molecule has 60 valence electrons. The lowest BCUT2D eigenvalue weighted by Gasteiger charge is -1.82. The van der Waals surface area contributed by atoms with Gasteiger partial charge in [0.25, 0.3) is 0 Å². The third kappa shape index (κ3) is 1.48. The molecule has 0 aliphatic carbocycles. The van der Waals surface area contributed by atoms with Gasteiger partial charge in [0.05, 0.1) is 6.26 Å². The minimum atomic E-state index is 0.871. The highest BCUT2D eigenvalue weighted by molar-refractivity contribution is 5.66. The Labute approximate surface area is 70.5 Å². The quantitative estimate of drug-likeness (QED) is 0.717. The standard InChI is InChI=1S/C10H9NO/c1-2-10(12-7-1)4-3-9-5-6-11-8-9/h1-8,11H. The molecule has 0 aliphatic rings. The number of H-pyrrole nitrogens is 1. The van der Waals surface area contributed by atoms with Gasteiger partial charge in [-0.25, -0.2) is 0 Å². The van der Waals surface area contributed by atoms with Gasteiger partial charge >= 0.3 is 0 Å². The maximum absolute atomic E-state index is 5.13. The van der Waals surface area contributed by atoms with Gasteiger partial charge in [0, 0.05) is 12.4 Å². The van der Waals surface area contributed by atoms with Crippen LogP contribution in [0.2, 0.25) is 0 Å². The molecular weight excluding hydrogens is 150 g/mol. The number of rotatable bonds is 2. The Hall–Kier alpha value is -1.70. The number of aromatic amines is 1. The molecule has 0 amide bonds. The second-order valence-corrected chi connectivity index (χ2v) is 2.49. The summed E-state index contributed by atoms with van der Waals surface area (Å²) < 4.78 is 5.13. The van der Waals surface area contributed by atoms with Gasteiger partial charge in [0.15, 0.2) is 0 Å². The average Bonchev–Trinajstić information content (AvgIpc) is 2.74. The molecule has 0 saturated heterocycles. The summed E-state index contributed by atoms with van der Waals surface area (Å²) in [5.41, 5.74) is 1.14. The van der Waals surface area contributed by atoms with Crippen molar-refractivity contribution in [1.82, 2.24) is 4.98 Å². The lowest BCUT2D eigenvalue weighted by Crippen LogP contribution is -1.61. The first-order valence-corrected chi connectivity index (χ1v) is 3.79. The molecule has 0 atom stereocenters. The Morgan fingerprint density at radius 2 is 2.25 bits per heavy atom. The summed E-state index contributed by atoms with van der Waals surface area (Å²) in [6.07, 6.45) is 9.41. The number of hydrogen-bond donors (Lipinski definition) is 1. The zero-order valence-corrected chi connectivity index (χ0v) is 6.53. The van der Waals surface area contributed by atoms with Crippen LogP contribution in [-0.2, 0) is 0 Å². The number of nitrogens with one attached hydrogen (secondary N) is 1. The summed E-state index contributed by atoms with van der Waals surface area (Å²) in [4.78, 5) is 2.98. The van der Waals surface area contributed by atoms with E-state index < -0.39 is 0 Å². The van der Waals surface area contributed by atoms with Gasteiger partial charge in [-0.15, -0.1) is 0 Å². The van der Waals surface area contributed by atoms with E-state index >= 15 is 0 Å². The number of furan rings is 1.